The van der Waals surface area contributed by atoms with Crippen molar-refractivity contribution in [2.45, 2.75) is 95.6 Å². The van der Waals surface area contributed by atoms with E-state index in [1.54, 1.807) is 53.4 Å². The lowest BCUT2D eigenvalue weighted by Gasteiger charge is -2.60. The molecule has 0 saturated heterocycles. The van der Waals surface area contributed by atoms with E-state index in [0.717, 1.165) is 30.3 Å². The number of oxime groups is 1. The lowest BCUT2D eigenvalue weighted by Crippen LogP contribution is -2.70. The number of nitro groups is 1. The summed E-state index contributed by atoms with van der Waals surface area (Å²) in [5, 5.41) is 36.5. The first-order valence-corrected chi connectivity index (χ1v) is 23.5. The molecule has 4 aromatic rings. The van der Waals surface area contributed by atoms with Gasteiger partial charge in [-0.3, -0.25) is 19.8 Å². The van der Waals surface area contributed by atoms with Gasteiger partial charge in [0.1, 0.15) is 40.9 Å². The van der Waals surface area contributed by atoms with Crippen LogP contribution in [-0.2, 0) is 16.1 Å². The molecule has 1 amide bonds. The van der Waals surface area contributed by atoms with Crippen LogP contribution in [0, 0.1) is 27.9 Å². The summed E-state index contributed by atoms with van der Waals surface area (Å²) in [7, 11) is 0. The highest BCUT2D eigenvalue weighted by molar-refractivity contribution is 6.03. The quantitative estimate of drug-likeness (QED) is 0.0279. The molecular formula is C53H59N3O13. The molecule has 6 atom stereocenters. The molecule has 0 radical (unpaired) electrons. The number of ether oxygens (including phenoxy) is 6. The summed E-state index contributed by atoms with van der Waals surface area (Å²) in [6.45, 7) is 9.84. The van der Waals surface area contributed by atoms with Gasteiger partial charge in [-0.15, -0.1) is 6.58 Å². The van der Waals surface area contributed by atoms with E-state index in [9.17, 15) is 25.1 Å². The van der Waals surface area contributed by atoms with E-state index < -0.39 is 34.4 Å². The van der Waals surface area contributed by atoms with Crippen LogP contribution in [0.1, 0.15) is 93.1 Å². The number of carbonyl (C=O) groups is 2. The number of amides is 1. The molecule has 0 spiro atoms. The summed E-state index contributed by atoms with van der Waals surface area (Å²) >= 11 is 0. The predicted molar refractivity (Wildman–Crippen MR) is 255 cm³/mol. The van der Waals surface area contributed by atoms with E-state index in [-0.39, 0.29) is 68.8 Å². The van der Waals surface area contributed by atoms with Crippen molar-refractivity contribution in [1.29, 1.82) is 0 Å². The Bertz CT molecular complexity index is 2570. The fourth-order valence-electron chi connectivity index (χ4n) is 10.0. The second-order valence-corrected chi connectivity index (χ2v) is 18.7. The standard InChI is InChI=1S/C53H59N3O13/c1-5-25-65-53-48(55(31-34-15-21-46-47(27-34)64-33-63-46)51(60)67-38-18-16-37(17-19-38)56(61)62)30-44(54-69-52(2,3)4)42-28-36(12-6-8-23-57)41(14-7-9-24-58)49(50(42)53)43-29-40(20-22-45(43)68-53)66-39-13-10-11-35(26-39)32-59/h5,10-11,13,15-22,26-29,32,36,41,48-50,57-58H,1,6-9,12,14,23-25,30-31,33H2,2-4H3/t36-,41+,48-,49+,50+,53+/m0/s1. The van der Waals surface area contributed by atoms with Crippen LogP contribution in [0.4, 0.5) is 10.5 Å². The first kappa shape index (κ1) is 48.7. The smallest absolute Gasteiger partial charge is 0.416 e. The molecular weight excluding hydrogens is 887 g/mol. The Balaban J connectivity index is 1.35. The number of aliphatic hydroxyl groups excluding tert-OH is 2. The van der Waals surface area contributed by atoms with Gasteiger partial charge >= 0.3 is 6.09 Å². The molecule has 16 nitrogen and oxygen atoms in total. The third-order valence-electron chi connectivity index (χ3n) is 13.0. The van der Waals surface area contributed by atoms with Crippen LogP contribution < -0.4 is 23.7 Å². The lowest BCUT2D eigenvalue weighted by molar-refractivity contribution is -0.384. The van der Waals surface area contributed by atoms with Crippen molar-refractivity contribution in [2.24, 2.45) is 22.9 Å². The van der Waals surface area contributed by atoms with Gasteiger partial charge in [0, 0.05) is 55.4 Å². The van der Waals surface area contributed by atoms with Crippen LogP contribution in [0.2, 0.25) is 0 Å². The number of fused-ring (bicyclic) bond motifs is 3. The monoisotopic (exact) mass is 945 g/mol. The minimum absolute atomic E-state index is 0.0198. The maximum Gasteiger partial charge on any atom is 0.416 e. The molecule has 0 bridgehead atoms. The third kappa shape index (κ3) is 10.8. The van der Waals surface area contributed by atoms with Crippen LogP contribution in [0.5, 0.6) is 34.5 Å². The molecule has 4 aromatic carbocycles. The largest absolute Gasteiger partial charge is 0.459 e. The molecule has 0 unspecified atom stereocenters. The molecule has 8 rings (SSSR count). The molecule has 1 saturated carbocycles. The SMILES string of the molecule is C=CCO[C@@]12Oc3ccc(Oc4cccc(C=O)c4)cc3[C@H]3[C@H](CCCCO)[C@@H](CCCCO)C=C(C(=NOC(C)(C)C)C[C@@H]1N(Cc1ccc4c(c1)OCO4)C(=O)Oc1ccc([N+](=O)[O-])cc1)[C@H]32. The second kappa shape index (κ2) is 21.3. The number of allylic oxidation sites excluding steroid dienone is 1. The number of aldehydes is 1. The van der Waals surface area contributed by atoms with Crippen LogP contribution in [0.25, 0.3) is 0 Å². The maximum atomic E-state index is 15.2. The van der Waals surface area contributed by atoms with Crippen molar-refractivity contribution in [3.05, 3.63) is 136 Å². The van der Waals surface area contributed by atoms with Crippen molar-refractivity contribution in [3.63, 3.8) is 0 Å². The summed E-state index contributed by atoms with van der Waals surface area (Å²) in [5.74, 6) is -0.151. The fourth-order valence-corrected chi connectivity index (χ4v) is 10.0. The normalized spacial score (nSPS) is 22.6. The zero-order valence-corrected chi connectivity index (χ0v) is 39.1. The molecule has 0 aromatic heterocycles. The number of unbranched alkanes of at least 4 members (excludes halogenated alkanes) is 2. The first-order valence-electron chi connectivity index (χ1n) is 23.5. The van der Waals surface area contributed by atoms with E-state index in [4.69, 9.17) is 38.4 Å². The van der Waals surface area contributed by atoms with Gasteiger partial charge in [-0.2, -0.15) is 0 Å². The summed E-state index contributed by atoms with van der Waals surface area (Å²) in [6, 6.07) is 22.2. The number of nitro benzene ring substituents is 1. The average Bonchev–Trinajstić information content (AvgIpc) is 3.81. The number of aliphatic hydroxyl groups is 2. The first-order chi connectivity index (χ1) is 33.3. The van der Waals surface area contributed by atoms with Crippen molar-refractivity contribution in [2.75, 3.05) is 26.6 Å². The molecule has 2 aliphatic heterocycles. The van der Waals surface area contributed by atoms with Gasteiger partial charge in [-0.25, -0.2) is 4.79 Å². The van der Waals surface area contributed by atoms with Crippen molar-refractivity contribution in [3.8, 4) is 34.5 Å². The van der Waals surface area contributed by atoms with Gasteiger partial charge in [0.25, 0.3) is 5.69 Å². The Morgan fingerprint density at radius 1 is 0.928 bits per heavy atom. The maximum absolute atomic E-state index is 15.2. The predicted octanol–water partition coefficient (Wildman–Crippen LogP) is 10.1. The van der Waals surface area contributed by atoms with Crippen molar-refractivity contribution in [1.82, 2.24) is 4.90 Å². The highest BCUT2D eigenvalue weighted by Crippen LogP contribution is 2.62. The van der Waals surface area contributed by atoms with E-state index in [1.807, 2.05) is 39.0 Å². The summed E-state index contributed by atoms with van der Waals surface area (Å²) < 4.78 is 38.5. The fraction of sp³-hybridized carbons (Fsp3) is 0.415. The van der Waals surface area contributed by atoms with E-state index in [1.165, 1.54) is 24.3 Å². The number of non-ortho nitro benzene ring substituents is 1. The van der Waals surface area contributed by atoms with E-state index in [2.05, 4.69) is 12.7 Å². The molecule has 2 aliphatic carbocycles. The number of hydrogen-bond acceptors (Lipinski definition) is 14. The second-order valence-electron chi connectivity index (χ2n) is 18.7. The van der Waals surface area contributed by atoms with Gasteiger partial charge in [0.05, 0.1) is 23.2 Å². The highest BCUT2D eigenvalue weighted by Gasteiger charge is 2.66. The molecule has 364 valence electrons. The molecule has 1 fully saturated rings. The van der Waals surface area contributed by atoms with E-state index in [0.29, 0.717) is 71.3 Å². The minimum atomic E-state index is -1.64. The van der Waals surface area contributed by atoms with Crippen molar-refractivity contribution >= 4 is 23.8 Å². The van der Waals surface area contributed by atoms with Gasteiger partial charge in [0.15, 0.2) is 11.5 Å². The minimum Gasteiger partial charge on any atom is -0.459 e. The number of hydrogen-bond donors (Lipinski definition) is 2. The number of rotatable bonds is 20. The lowest BCUT2D eigenvalue weighted by atomic mass is 9.55. The van der Waals surface area contributed by atoms with Gasteiger partial charge < -0.3 is 43.5 Å². The Labute approximate surface area is 401 Å². The molecule has 4 aliphatic rings. The summed E-state index contributed by atoms with van der Waals surface area (Å²) in [6.07, 6.45) is 8.05. The number of nitrogens with zero attached hydrogens (tertiary/aromatic N) is 3. The van der Waals surface area contributed by atoms with Gasteiger partial charge in [0.2, 0.25) is 12.6 Å². The summed E-state index contributed by atoms with van der Waals surface area (Å²) in [5.41, 5.74) is 2.51. The molecule has 2 heterocycles. The Morgan fingerprint density at radius 3 is 2.38 bits per heavy atom. The van der Waals surface area contributed by atoms with Crippen LogP contribution in [-0.4, -0.2) is 82.2 Å². The van der Waals surface area contributed by atoms with Crippen LogP contribution in [0.15, 0.2) is 114 Å². The molecule has 16 heteroatoms. The number of benzene rings is 4. The zero-order chi connectivity index (χ0) is 48.7. The Hall–Kier alpha value is -6.75. The van der Waals surface area contributed by atoms with Crippen LogP contribution >= 0.6 is 0 Å². The summed E-state index contributed by atoms with van der Waals surface area (Å²) in [4.78, 5) is 45.8. The van der Waals surface area contributed by atoms with E-state index >= 15 is 4.79 Å². The Kier molecular flexibility index (Phi) is 15.0. The number of carbonyl (C=O) groups excluding carboxylic acids is 2. The average molecular weight is 946 g/mol. The third-order valence-corrected chi connectivity index (χ3v) is 13.0. The molecule has 2 N–H and O–H groups in total. The van der Waals surface area contributed by atoms with Crippen molar-refractivity contribution < 1.29 is 58.0 Å². The topological polar surface area (TPSA) is 198 Å². The van der Waals surface area contributed by atoms with Gasteiger partial charge in [-0.1, -0.05) is 48.3 Å². The molecule has 69 heavy (non-hydrogen) atoms. The van der Waals surface area contributed by atoms with Gasteiger partial charge in [-0.05, 0) is 124 Å². The Morgan fingerprint density at radius 2 is 1.65 bits per heavy atom. The zero-order valence-electron chi connectivity index (χ0n) is 39.1. The highest BCUT2D eigenvalue weighted by atomic mass is 16.7. The van der Waals surface area contributed by atoms with Crippen LogP contribution in [0.3, 0.4) is 0 Å².